The van der Waals surface area contributed by atoms with E-state index in [0.717, 1.165) is 6.42 Å². The van der Waals surface area contributed by atoms with Crippen molar-refractivity contribution >= 4 is 11.9 Å². The topological polar surface area (TPSA) is 93.1 Å². The molecule has 0 aromatic rings. The fourth-order valence-electron chi connectivity index (χ4n) is 5.64. The molecule has 0 heterocycles. The van der Waals surface area contributed by atoms with Gasteiger partial charge in [0.25, 0.3) is 0 Å². The predicted molar refractivity (Wildman–Crippen MR) is 80.1 cm³/mol. The molecule has 6 atom stereocenters. The normalized spacial score (nSPS) is 44.5. The second kappa shape index (κ2) is 5.31. The first-order chi connectivity index (χ1) is 10.9. The molecule has 0 aliphatic heterocycles. The van der Waals surface area contributed by atoms with E-state index in [9.17, 15) is 19.8 Å². The third-order valence-electron chi connectivity index (χ3n) is 6.70. The number of carbonyl (C=O) groups is 2. The zero-order valence-corrected chi connectivity index (χ0v) is 13.7. The Labute approximate surface area is 135 Å². The number of hydrogen-bond donors (Lipinski definition) is 2. The number of carbonyl (C=O) groups excluding carboxylic acids is 2. The number of aliphatic hydroxyl groups excluding tert-OH is 2. The molecule has 2 saturated carbocycles. The van der Waals surface area contributed by atoms with Gasteiger partial charge < -0.3 is 19.7 Å². The highest BCUT2D eigenvalue weighted by Gasteiger charge is 2.71. The molecule has 1 spiro atoms. The first-order valence-corrected chi connectivity index (χ1v) is 8.03. The molecule has 0 saturated heterocycles. The summed E-state index contributed by atoms with van der Waals surface area (Å²) in [7, 11) is 2.66. The van der Waals surface area contributed by atoms with E-state index < -0.39 is 28.8 Å². The fraction of sp³-hybridized carbons (Fsp3) is 0.765. The molecule has 128 valence electrons. The highest BCUT2D eigenvalue weighted by molar-refractivity contribution is 5.90. The fourth-order valence-corrected chi connectivity index (χ4v) is 5.64. The summed E-state index contributed by atoms with van der Waals surface area (Å²) < 4.78 is 9.80. The van der Waals surface area contributed by atoms with E-state index in [1.165, 1.54) is 20.3 Å². The minimum atomic E-state index is -0.919. The Kier molecular flexibility index (Phi) is 3.80. The predicted octanol–water partition coefficient (Wildman–Crippen LogP) is 0.664. The summed E-state index contributed by atoms with van der Waals surface area (Å²) in [6.45, 7) is 1.84. The zero-order chi connectivity index (χ0) is 17.0. The summed E-state index contributed by atoms with van der Waals surface area (Å²) in [5, 5.41) is 20.9. The van der Waals surface area contributed by atoms with E-state index in [2.05, 4.69) is 0 Å². The molecule has 0 amide bonds. The Balaban J connectivity index is 2.13. The molecule has 0 aromatic carbocycles. The Morgan fingerprint density at radius 3 is 2.57 bits per heavy atom. The van der Waals surface area contributed by atoms with Crippen LogP contribution in [0.1, 0.15) is 26.2 Å². The van der Waals surface area contributed by atoms with Gasteiger partial charge in [0.1, 0.15) is 0 Å². The number of aliphatic hydroxyl groups is 2. The van der Waals surface area contributed by atoms with Crippen LogP contribution in [0.3, 0.4) is 0 Å². The minimum absolute atomic E-state index is 0.0393. The maximum atomic E-state index is 12.3. The highest BCUT2D eigenvalue weighted by Crippen LogP contribution is 2.71. The van der Waals surface area contributed by atoms with Gasteiger partial charge in [-0.25, -0.2) is 4.79 Å². The molecule has 0 aromatic heterocycles. The van der Waals surface area contributed by atoms with Gasteiger partial charge >= 0.3 is 11.9 Å². The third-order valence-corrected chi connectivity index (χ3v) is 6.70. The van der Waals surface area contributed by atoms with Crippen LogP contribution in [0.2, 0.25) is 0 Å². The first kappa shape index (κ1) is 16.5. The van der Waals surface area contributed by atoms with E-state index in [1.807, 2.05) is 6.92 Å². The van der Waals surface area contributed by atoms with Gasteiger partial charge in [-0.15, -0.1) is 0 Å². The van der Waals surface area contributed by atoms with Gasteiger partial charge in [0.2, 0.25) is 0 Å². The molecule has 2 N–H and O–H groups in total. The van der Waals surface area contributed by atoms with E-state index >= 15 is 0 Å². The van der Waals surface area contributed by atoms with Crippen molar-refractivity contribution in [2.45, 2.75) is 32.3 Å². The second-order valence-electron chi connectivity index (χ2n) is 7.30. The minimum Gasteiger partial charge on any atom is -0.469 e. The summed E-state index contributed by atoms with van der Waals surface area (Å²) in [5.41, 5.74) is -0.798. The summed E-state index contributed by atoms with van der Waals surface area (Å²) in [5.74, 6) is -1.46. The van der Waals surface area contributed by atoms with Crippen molar-refractivity contribution in [1.82, 2.24) is 0 Å². The standard InChI is InChI=1S/C17H24O6/c1-16(8-18)11-7-17(13(19)6-9(11)14(20)22-2)10(15(21)23-3)4-5-12(16)17/h6,10-13,18-19H,4-5,7-8H2,1-3H3/t10-,11-,12+,13+,16+,17+/m1/s1. The summed E-state index contributed by atoms with van der Waals surface area (Å²) in [4.78, 5) is 24.4. The van der Waals surface area contributed by atoms with Crippen molar-refractivity contribution in [3.8, 4) is 0 Å². The van der Waals surface area contributed by atoms with Crippen molar-refractivity contribution in [2.75, 3.05) is 20.8 Å². The van der Waals surface area contributed by atoms with Gasteiger partial charge in [-0.05, 0) is 37.2 Å². The zero-order valence-electron chi connectivity index (χ0n) is 13.7. The van der Waals surface area contributed by atoms with Crippen molar-refractivity contribution in [3.63, 3.8) is 0 Å². The Bertz CT molecular complexity index is 569. The van der Waals surface area contributed by atoms with E-state index in [4.69, 9.17) is 9.47 Å². The molecule has 2 bridgehead atoms. The maximum absolute atomic E-state index is 12.3. The van der Waals surface area contributed by atoms with Crippen molar-refractivity contribution in [2.24, 2.45) is 28.6 Å². The van der Waals surface area contributed by atoms with Crippen LogP contribution >= 0.6 is 0 Å². The lowest BCUT2D eigenvalue weighted by molar-refractivity contribution is -0.153. The molecular weight excluding hydrogens is 300 g/mol. The van der Waals surface area contributed by atoms with Crippen molar-refractivity contribution in [3.05, 3.63) is 11.6 Å². The molecule has 6 nitrogen and oxygen atoms in total. The van der Waals surface area contributed by atoms with Crippen LogP contribution in [-0.4, -0.2) is 49.1 Å². The number of rotatable bonds is 3. The van der Waals surface area contributed by atoms with Gasteiger partial charge in [0.15, 0.2) is 0 Å². The van der Waals surface area contributed by atoms with Gasteiger partial charge in [0, 0.05) is 23.0 Å². The molecular formula is C17H24O6. The van der Waals surface area contributed by atoms with Crippen LogP contribution in [0.5, 0.6) is 0 Å². The van der Waals surface area contributed by atoms with Crippen LogP contribution in [0.4, 0.5) is 0 Å². The molecule has 0 unspecified atom stereocenters. The van der Waals surface area contributed by atoms with E-state index in [0.29, 0.717) is 18.4 Å². The molecule has 23 heavy (non-hydrogen) atoms. The quantitative estimate of drug-likeness (QED) is 0.741. The Morgan fingerprint density at radius 2 is 2.00 bits per heavy atom. The molecule has 3 rings (SSSR count). The van der Waals surface area contributed by atoms with Crippen LogP contribution in [-0.2, 0) is 19.1 Å². The number of esters is 2. The number of fused-ring (bicyclic) bond motifs is 1. The number of hydrogen-bond acceptors (Lipinski definition) is 6. The lowest BCUT2D eigenvalue weighted by atomic mass is 9.65. The Morgan fingerprint density at radius 1 is 1.30 bits per heavy atom. The number of ether oxygens (including phenoxy) is 2. The third kappa shape index (κ3) is 1.88. The van der Waals surface area contributed by atoms with Gasteiger partial charge in [-0.3, -0.25) is 4.79 Å². The highest BCUT2D eigenvalue weighted by atomic mass is 16.5. The molecule has 0 radical (unpaired) electrons. The monoisotopic (exact) mass is 324 g/mol. The largest absolute Gasteiger partial charge is 0.469 e. The lowest BCUT2D eigenvalue weighted by Gasteiger charge is -2.40. The van der Waals surface area contributed by atoms with Gasteiger partial charge in [0.05, 0.1) is 26.2 Å². The average Bonchev–Trinajstić information content (AvgIpc) is 3.04. The summed E-state index contributed by atoms with van der Waals surface area (Å²) in [6, 6.07) is 0. The molecule has 3 aliphatic rings. The molecule has 2 fully saturated rings. The summed E-state index contributed by atoms with van der Waals surface area (Å²) in [6.07, 6.45) is 2.48. The van der Waals surface area contributed by atoms with Crippen LogP contribution < -0.4 is 0 Å². The van der Waals surface area contributed by atoms with Crippen LogP contribution in [0.25, 0.3) is 0 Å². The Hall–Kier alpha value is -1.40. The maximum Gasteiger partial charge on any atom is 0.333 e. The number of methoxy groups -OCH3 is 2. The SMILES string of the molecule is COC(=O)C1=C[C@H](O)[C@]23C[C@H]1[C@](C)(CO)[C@@H]2CC[C@@H]3C(=O)OC. The van der Waals surface area contributed by atoms with E-state index in [-0.39, 0.29) is 24.4 Å². The molecule has 6 heteroatoms. The second-order valence-corrected chi connectivity index (χ2v) is 7.30. The van der Waals surface area contributed by atoms with Crippen LogP contribution in [0, 0.1) is 28.6 Å². The summed E-state index contributed by atoms with van der Waals surface area (Å²) >= 11 is 0. The van der Waals surface area contributed by atoms with Crippen molar-refractivity contribution < 1.29 is 29.3 Å². The van der Waals surface area contributed by atoms with E-state index in [1.54, 1.807) is 0 Å². The van der Waals surface area contributed by atoms with Gasteiger partial charge in [-0.2, -0.15) is 0 Å². The van der Waals surface area contributed by atoms with Crippen molar-refractivity contribution in [1.29, 1.82) is 0 Å². The smallest absolute Gasteiger partial charge is 0.333 e. The van der Waals surface area contributed by atoms with Gasteiger partial charge in [-0.1, -0.05) is 6.92 Å². The first-order valence-electron chi connectivity index (χ1n) is 8.03. The van der Waals surface area contributed by atoms with Crippen LogP contribution in [0.15, 0.2) is 11.6 Å². The average molecular weight is 324 g/mol. The molecule has 3 aliphatic carbocycles. The lowest BCUT2D eigenvalue weighted by Crippen LogP contribution is -2.46.